The van der Waals surface area contributed by atoms with E-state index >= 15 is 0 Å². The maximum absolute atomic E-state index is 12.0. The normalized spacial score (nSPS) is 32.4. The molecule has 0 aliphatic heterocycles. The van der Waals surface area contributed by atoms with Crippen molar-refractivity contribution in [2.45, 2.75) is 51.5 Å². The predicted molar refractivity (Wildman–Crippen MR) is 63.4 cm³/mol. The molecule has 0 aromatic carbocycles. The summed E-state index contributed by atoms with van der Waals surface area (Å²) < 4.78 is 0. The summed E-state index contributed by atoms with van der Waals surface area (Å²) in [5, 5.41) is 11.7. The molecule has 0 aromatic heterocycles. The highest BCUT2D eigenvalue weighted by atomic mass is 16.4. The molecule has 2 saturated carbocycles. The smallest absolute Gasteiger partial charge is 0.326 e. The first-order valence-electron chi connectivity index (χ1n) is 6.68. The van der Waals surface area contributed by atoms with Crippen LogP contribution in [0.1, 0.15) is 45.4 Å². The first kappa shape index (κ1) is 12.4. The number of carbonyl (C=O) groups excluding carboxylic acids is 1. The SMILES string of the molecule is CCC[C@H](NC(=O)C1C2CCCCC21)C(=O)O. The highest BCUT2D eigenvalue weighted by molar-refractivity contribution is 5.87. The van der Waals surface area contributed by atoms with Crippen molar-refractivity contribution >= 4 is 11.9 Å². The van der Waals surface area contributed by atoms with Crippen molar-refractivity contribution in [1.29, 1.82) is 0 Å². The number of hydrogen-bond donors (Lipinski definition) is 2. The summed E-state index contributed by atoms with van der Waals surface area (Å²) in [7, 11) is 0. The Kier molecular flexibility index (Phi) is 3.69. The molecule has 3 atom stereocenters. The fraction of sp³-hybridized carbons (Fsp3) is 0.846. The van der Waals surface area contributed by atoms with Crippen LogP contribution < -0.4 is 5.32 Å². The molecule has 0 radical (unpaired) electrons. The molecule has 2 fully saturated rings. The second-order valence-electron chi connectivity index (χ2n) is 5.33. The number of nitrogens with one attached hydrogen (secondary N) is 1. The Hall–Kier alpha value is -1.06. The highest BCUT2D eigenvalue weighted by Gasteiger charge is 2.54. The van der Waals surface area contributed by atoms with Crippen LogP contribution in [0.3, 0.4) is 0 Å². The van der Waals surface area contributed by atoms with Crippen LogP contribution in [-0.4, -0.2) is 23.0 Å². The van der Waals surface area contributed by atoms with Crippen LogP contribution >= 0.6 is 0 Å². The van der Waals surface area contributed by atoms with E-state index in [2.05, 4.69) is 5.32 Å². The third-order valence-corrected chi connectivity index (χ3v) is 4.15. The van der Waals surface area contributed by atoms with Gasteiger partial charge in [0.1, 0.15) is 6.04 Å². The van der Waals surface area contributed by atoms with Crippen LogP contribution in [0.2, 0.25) is 0 Å². The first-order chi connectivity index (χ1) is 8.15. The van der Waals surface area contributed by atoms with Crippen molar-refractivity contribution in [2.75, 3.05) is 0 Å². The van der Waals surface area contributed by atoms with E-state index in [1.54, 1.807) is 0 Å². The van der Waals surface area contributed by atoms with Gasteiger partial charge in [-0.3, -0.25) is 4.79 Å². The molecule has 0 heterocycles. The minimum Gasteiger partial charge on any atom is -0.480 e. The molecule has 4 nitrogen and oxygen atoms in total. The Bertz CT molecular complexity index is 304. The Morgan fingerprint density at radius 1 is 1.29 bits per heavy atom. The van der Waals surface area contributed by atoms with Gasteiger partial charge in [0.05, 0.1) is 0 Å². The summed E-state index contributed by atoms with van der Waals surface area (Å²) >= 11 is 0. The van der Waals surface area contributed by atoms with E-state index < -0.39 is 12.0 Å². The molecule has 2 unspecified atom stereocenters. The largest absolute Gasteiger partial charge is 0.480 e. The van der Waals surface area contributed by atoms with Crippen molar-refractivity contribution in [1.82, 2.24) is 5.32 Å². The fourth-order valence-electron chi connectivity index (χ4n) is 3.20. The average Bonchev–Trinajstić information content (AvgIpc) is 3.02. The number of aliphatic carboxylic acids is 1. The second kappa shape index (κ2) is 5.07. The first-order valence-corrected chi connectivity index (χ1v) is 6.68. The number of amides is 1. The number of fused-ring (bicyclic) bond motifs is 1. The standard InChI is InChI=1S/C13H21NO3/c1-2-5-10(13(16)17)14-12(15)11-8-6-3-4-7-9(8)11/h8-11H,2-7H2,1H3,(H,14,15)(H,16,17)/t8?,9?,10-,11?/m0/s1. The van der Waals surface area contributed by atoms with Gasteiger partial charge in [0.2, 0.25) is 5.91 Å². The zero-order valence-corrected chi connectivity index (χ0v) is 10.3. The lowest BCUT2D eigenvalue weighted by Crippen LogP contribution is -2.41. The van der Waals surface area contributed by atoms with Crippen LogP contribution in [0.15, 0.2) is 0 Å². The number of carbonyl (C=O) groups is 2. The molecule has 0 spiro atoms. The summed E-state index contributed by atoms with van der Waals surface area (Å²) in [6.45, 7) is 1.93. The summed E-state index contributed by atoms with van der Waals surface area (Å²) in [4.78, 5) is 23.0. The lowest BCUT2D eigenvalue weighted by Gasteiger charge is -2.13. The van der Waals surface area contributed by atoms with Crippen LogP contribution in [0, 0.1) is 17.8 Å². The van der Waals surface area contributed by atoms with Gasteiger partial charge in [-0.1, -0.05) is 26.2 Å². The van der Waals surface area contributed by atoms with E-state index in [9.17, 15) is 9.59 Å². The Morgan fingerprint density at radius 2 is 1.88 bits per heavy atom. The quantitative estimate of drug-likeness (QED) is 0.768. The van der Waals surface area contributed by atoms with E-state index in [4.69, 9.17) is 5.11 Å². The Morgan fingerprint density at radius 3 is 2.35 bits per heavy atom. The van der Waals surface area contributed by atoms with E-state index in [0.717, 1.165) is 19.3 Å². The van der Waals surface area contributed by atoms with E-state index in [-0.39, 0.29) is 11.8 Å². The lowest BCUT2D eigenvalue weighted by molar-refractivity contribution is -0.142. The van der Waals surface area contributed by atoms with E-state index in [1.165, 1.54) is 12.8 Å². The van der Waals surface area contributed by atoms with Crippen molar-refractivity contribution < 1.29 is 14.7 Å². The van der Waals surface area contributed by atoms with Gasteiger partial charge >= 0.3 is 5.97 Å². The molecule has 0 aromatic rings. The summed E-state index contributed by atoms with van der Waals surface area (Å²) in [6.07, 6.45) is 6.03. The van der Waals surface area contributed by atoms with Gasteiger partial charge in [0.25, 0.3) is 0 Å². The molecule has 17 heavy (non-hydrogen) atoms. The number of rotatable bonds is 5. The molecule has 2 aliphatic carbocycles. The zero-order chi connectivity index (χ0) is 12.4. The highest BCUT2D eigenvalue weighted by Crippen LogP contribution is 2.55. The van der Waals surface area contributed by atoms with Gasteiger partial charge in [0.15, 0.2) is 0 Å². The number of hydrogen-bond acceptors (Lipinski definition) is 2. The van der Waals surface area contributed by atoms with E-state index in [1.807, 2.05) is 6.92 Å². The Labute approximate surface area is 102 Å². The molecule has 1 amide bonds. The van der Waals surface area contributed by atoms with Gasteiger partial charge in [-0.2, -0.15) is 0 Å². The minimum atomic E-state index is -0.913. The second-order valence-corrected chi connectivity index (χ2v) is 5.33. The molecule has 0 bridgehead atoms. The molecule has 0 saturated heterocycles. The van der Waals surface area contributed by atoms with Crippen molar-refractivity contribution in [3.8, 4) is 0 Å². The average molecular weight is 239 g/mol. The monoisotopic (exact) mass is 239 g/mol. The maximum atomic E-state index is 12.0. The molecule has 2 aliphatic rings. The van der Waals surface area contributed by atoms with Crippen LogP contribution in [0.5, 0.6) is 0 Å². The van der Waals surface area contributed by atoms with Crippen LogP contribution in [0.25, 0.3) is 0 Å². The van der Waals surface area contributed by atoms with Gasteiger partial charge in [0, 0.05) is 5.92 Å². The van der Waals surface area contributed by atoms with Crippen molar-refractivity contribution in [2.24, 2.45) is 17.8 Å². The zero-order valence-electron chi connectivity index (χ0n) is 10.3. The maximum Gasteiger partial charge on any atom is 0.326 e. The summed E-state index contributed by atoms with van der Waals surface area (Å²) in [6, 6.07) is -0.699. The Balaban J connectivity index is 1.86. The van der Waals surface area contributed by atoms with Crippen LogP contribution in [0.4, 0.5) is 0 Å². The molecule has 2 N–H and O–H groups in total. The fourth-order valence-corrected chi connectivity index (χ4v) is 3.20. The summed E-state index contributed by atoms with van der Waals surface area (Å²) in [5.41, 5.74) is 0. The van der Waals surface area contributed by atoms with Crippen LogP contribution in [-0.2, 0) is 9.59 Å². The summed E-state index contributed by atoms with van der Waals surface area (Å²) in [5.74, 6) is 0.252. The predicted octanol–water partition coefficient (Wildman–Crippen LogP) is 1.79. The lowest BCUT2D eigenvalue weighted by atomic mass is 10.0. The molecule has 96 valence electrons. The number of carboxylic acids is 1. The topological polar surface area (TPSA) is 66.4 Å². The van der Waals surface area contributed by atoms with Gasteiger partial charge < -0.3 is 10.4 Å². The molecule has 2 rings (SSSR count). The third kappa shape index (κ3) is 2.61. The molecular formula is C13H21NO3. The van der Waals surface area contributed by atoms with E-state index in [0.29, 0.717) is 18.3 Å². The molecule has 4 heteroatoms. The third-order valence-electron chi connectivity index (χ3n) is 4.15. The minimum absolute atomic E-state index is 0.0252. The van der Waals surface area contributed by atoms with Gasteiger partial charge in [-0.05, 0) is 31.1 Å². The van der Waals surface area contributed by atoms with Crippen molar-refractivity contribution in [3.63, 3.8) is 0 Å². The molecular weight excluding hydrogens is 218 g/mol. The number of carboxylic acid groups (broad SMARTS) is 1. The van der Waals surface area contributed by atoms with Gasteiger partial charge in [-0.25, -0.2) is 4.79 Å². The van der Waals surface area contributed by atoms with Crippen molar-refractivity contribution in [3.05, 3.63) is 0 Å². The van der Waals surface area contributed by atoms with Gasteiger partial charge in [-0.15, -0.1) is 0 Å².